The number of amides is 1. The van der Waals surface area contributed by atoms with Crippen molar-refractivity contribution in [1.29, 1.82) is 0 Å². The minimum atomic E-state index is -3.79. The summed E-state index contributed by atoms with van der Waals surface area (Å²) in [4.78, 5) is 14.4. The maximum atomic E-state index is 13.2. The van der Waals surface area contributed by atoms with Crippen molar-refractivity contribution < 1.29 is 27.4 Å². The first kappa shape index (κ1) is 21.5. The van der Waals surface area contributed by atoms with Gasteiger partial charge in [0.25, 0.3) is 0 Å². The molecule has 8 nitrogen and oxygen atoms in total. The van der Waals surface area contributed by atoms with Gasteiger partial charge in [-0.25, -0.2) is 8.42 Å². The van der Waals surface area contributed by atoms with Crippen LogP contribution >= 0.6 is 0 Å². The Balaban J connectivity index is 2.51. The van der Waals surface area contributed by atoms with E-state index in [9.17, 15) is 13.2 Å². The minimum absolute atomic E-state index is 0.0268. The lowest BCUT2D eigenvalue weighted by Crippen LogP contribution is -2.41. The number of hydrogen-bond acceptors (Lipinski definition) is 6. The van der Waals surface area contributed by atoms with Crippen LogP contribution in [0.1, 0.15) is 19.4 Å². The molecular formula is C18H28N2O6S. The molecule has 1 fully saturated rings. The van der Waals surface area contributed by atoms with Crippen molar-refractivity contribution in [1.82, 2.24) is 9.21 Å². The van der Waals surface area contributed by atoms with Crippen molar-refractivity contribution in [3.8, 4) is 11.5 Å². The molecule has 1 amide bonds. The molecule has 2 rings (SSSR count). The number of likely N-dealkylation sites (N-methyl/N-ethyl adjacent to an activating group) is 1. The third-order valence-corrected chi connectivity index (χ3v) is 6.59. The summed E-state index contributed by atoms with van der Waals surface area (Å²) in [5.74, 6) is 0.565. The Hall–Kier alpha value is -1.84. The van der Waals surface area contributed by atoms with Gasteiger partial charge >= 0.3 is 0 Å². The zero-order valence-electron chi connectivity index (χ0n) is 16.4. The molecule has 0 bridgehead atoms. The molecule has 0 spiro atoms. The van der Waals surface area contributed by atoms with E-state index in [2.05, 4.69) is 0 Å². The van der Waals surface area contributed by atoms with Crippen LogP contribution in [0.4, 0.5) is 0 Å². The van der Waals surface area contributed by atoms with Gasteiger partial charge in [0, 0.05) is 32.2 Å². The van der Waals surface area contributed by atoms with Gasteiger partial charge in [-0.3, -0.25) is 4.79 Å². The van der Waals surface area contributed by atoms with Gasteiger partial charge in [-0.15, -0.1) is 0 Å². The Labute approximate surface area is 161 Å². The molecule has 0 aliphatic carbocycles. The number of carbonyl (C=O) groups is 1. The zero-order chi connectivity index (χ0) is 20.0. The monoisotopic (exact) mass is 400 g/mol. The van der Waals surface area contributed by atoms with E-state index in [0.717, 1.165) is 0 Å². The highest BCUT2D eigenvalue weighted by atomic mass is 32.2. The Morgan fingerprint density at radius 2 is 1.67 bits per heavy atom. The number of sulfonamides is 1. The predicted octanol–water partition coefficient (Wildman–Crippen LogP) is 1.14. The molecule has 152 valence electrons. The van der Waals surface area contributed by atoms with Crippen LogP contribution in [0.2, 0.25) is 0 Å². The number of ether oxygens (including phenoxy) is 3. The molecule has 1 heterocycles. The van der Waals surface area contributed by atoms with Crippen LogP contribution in [0, 0.1) is 0 Å². The first-order valence-corrected chi connectivity index (χ1v) is 10.4. The highest BCUT2D eigenvalue weighted by Gasteiger charge is 2.31. The van der Waals surface area contributed by atoms with Crippen LogP contribution < -0.4 is 9.47 Å². The van der Waals surface area contributed by atoms with E-state index >= 15 is 0 Å². The quantitative estimate of drug-likeness (QED) is 0.650. The summed E-state index contributed by atoms with van der Waals surface area (Å²) in [6.45, 7) is 6.16. The van der Waals surface area contributed by atoms with E-state index in [-0.39, 0.29) is 30.3 Å². The van der Waals surface area contributed by atoms with E-state index in [4.69, 9.17) is 14.2 Å². The maximum absolute atomic E-state index is 13.2. The summed E-state index contributed by atoms with van der Waals surface area (Å²) in [6.07, 6.45) is -0.0268. The van der Waals surface area contributed by atoms with Crippen LogP contribution in [-0.2, 0) is 26.0 Å². The largest absolute Gasteiger partial charge is 0.493 e. The third-order valence-electron chi connectivity index (χ3n) is 4.61. The number of carbonyl (C=O) groups excluding carboxylic acids is 1. The van der Waals surface area contributed by atoms with Gasteiger partial charge in [-0.1, -0.05) is 0 Å². The Morgan fingerprint density at radius 1 is 1.11 bits per heavy atom. The van der Waals surface area contributed by atoms with Crippen molar-refractivity contribution >= 4 is 15.9 Å². The molecule has 0 radical (unpaired) electrons. The molecule has 1 aliphatic rings. The molecule has 0 unspecified atom stereocenters. The predicted molar refractivity (Wildman–Crippen MR) is 101 cm³/mol. The molecule has 0 saturated carbocycles. The van der Waals surface area contributed by atoms with Gasteiger partial charge in [0.05, 0.1) is 38.7 Å². The van der Waals surface area contributed by atoms with Crippen LogP contribution in [0.3, 0.4) is 0 Å². The Bertz CT molecular complexity index is 755. The second-order valence-electron chi connectivity index (χ2n) is 6.07. The molecule has 1 aromatic rings. The molecule has 27 heavy (non-hydrogen) atoms. The summed E-state index contributed by atoms with van der Waals surface area (Å²) in [7, 11) is -0.864. The number of benzene rings is 1. The van der Waals surface area contributed by atoms with Gasteiger partial charge in [0.2, 0.25) is 15.9 Å². The van der Waals surface area contributed by atoms with E-state index in [1.807, 2.05) is 13.8 Å². The SMILES string of the molecule is CCN(CC)C(=O)Cc1cc(OC)c(OC)cc1S(=O)(=O)N1CCOCC1. The molecule has 1 aliphatic heterocycles. The number of nitrogens with zero attached hydrogens (tertiary/aromatic N) is 2. The first-order valence-electron chi connectivity index (χ1n) is 8.99. The topological polar surface area (TPSA) is 85.4 Å². The van der Waals surface area contributed by atoms with Gasteiger partial charge in [0.15, 0.2) is 11.5 Å². The molecule has 0 atom stereocenters. The summed E-state index contributed by atoms with van der Waals surface area (Å²) < 4.78 is 43.7. The maximum Gasteiger partial charge on any atom is 0.243 e. The Kier molecular flexibility index (Phi) is 7.46. The van der Waals surface area contributed by atoms with E-state index in [1.54, 1.807) is 11.0 Å². The molecule has 0 aromatic heterocycles. The fraction of sp³-hybridized carbons (Fsp3) is 0.611. The van der Waals surface area contributed by atoms with Crippen LogP contribution in [0.5, 0.6) is 11.5 Å². The van der Waals surface area contributed by atoms with E-state index in [0.29, 0.717) is 43.4 Å². The average molecular weight is 400 g/mol. The summed E-state index contributed by atoms with van der Waals surface area (Å²) >= 11 is 0. The second kappa shape index (κ2) is 9.38. The highest BCUT2D eigenvalue weighted by Crippen LogP contribution is 2.34. The lowest BCUT2D eigenvalue weighted by molar-refractivity contribution is -0.130. The smallest absolute Gasteiger partial charge is 0.243 e. The molecule has 1 saturated heterocycles. The van der Waals surface area contributed by atoms with Gasteiger partial charge < -0.3 is 19.1 Å². The second-order valence-corrected chi connectivity index (χ2v) is 7.98. The molecule has 0 N–H and O–H groups in total. The lowest BCUT2D eigenvalue weighted by atomic mass is 10.1. The van der Waals surface area contributed by atoms with Crippen LogP contribution in [-0.4, -0.2) is 77.1 Å². The fourth-order valence-corrected chi connectivity index (χ4v) is 4.68. The first-order chi connectivity index (χ1) is 12.9. The van der Waals surface area contributed by atoms with Crippen LogP contribution in [0.15, 0.2) is 17.0 Å². The summed E-state index contributed by atoms with van der Waals surface area (Å²) in [5, 5.41) is 0. The van der Waals surface area contributed by atoms with Gasteiger partial charge in [-0.2, -0.15) is 4.31 Å². The minimum Gasteiger partial charge on any atom is -0.493 e. The average Bonchev–Trinajstić information content (AvgIpc) is 2.69. The fourth-order valence-electron chi connectivity index (χ4n) is 3.06. The number of methoxy groups -OCH3 is 2. The summed E-state index contributed by atoms with van der Waals surface area (Å²) in [6, 6.07) is 3.02. The van der Waals surface area contributed by atoms with E-state index < -0.39 is 10.0 Å². The van der Waals surface area contributed by atoms with Crippen molar-refractivity contribution in [3.63, 3.8) is 0 Å². The van der Waals surface area contributed by atoms with Gasteiger partial charge in [-0.05, 0) is 25.5 Å². The molecule has 9 heteroatoms. The van der Waals surface area contributed by atoms with Crippen molar-refractivity contribution in [2.75, 3.05) is 53.6 Å². The lowest BCUT2D eigenvalue weighted by Gasteiger charge is -2.27. The van der Waals surface area contributed by atoms with Crippen molar-refractivity contribution in [3.05, 3.63) is 17.7 Å². The normalized spacial score (nSPS) is 15.4. The third kappa shape index (κ3) is 4.72. The zero-order valence-corrected chi connectivity index (χ0v) is 17.2. The highest BCUT2D eigenvalue weighted by molar-refractivity contribution is 7.89. The van der Waals surface area contributed by atoms with E-state index in [1.165, 1.54) is 24.6 Å². The number of rotatable bonds is 8. The molecule has 1 aromatic carbocycles. The van der Waals surface area contributed by atoms with Gasteiger partial charge in [0.1, 0.15) is 0 Å². The van der Waals surface area contributed by atoms with Crippen LogP contribution in [0.25, 0.3) is 0 Å². The summed E-state index contributed by atoms with van der Waals surface area (Å²) in [5.41, 5.74) is 0.399. The standard InChI is InChI=1S/C18H28N2O6S/c1-5-19(6-2)18(21)12-14-11-15(24-3)16(25-4)13-17(14)27(22,23)20-7-9-26-10-8-20/h11,13H,5-10,12H2,1-4H3. The van der Waals surface area contributed by atoms with Crippen molar-refractivity contribution in [2.24, 2.45) is 0 Å². The Morgan fingerprint density at radius 3 is 2.19 bits per heavy atom. The number of morpholine rings is 1. The van der Waals surface area contributed by atoms with Crippen molar-refractivity contribution in [2.45, 2.75) is 25.2 Å². The molecular weight excluding hydrogens is 372 g/mol. The number of hydrogen-bond donors (Lipinski definition) is 0.